The Morgan fingerprint density at radius 3 is 1.49 bits per heavy atom. The lowest BCUT2D eigenvalue weighted by atomic mass is 9.92. The average molecular weight is 544 g/mol. The van der Waals surface area contributed by atoms with E-state index in [4.69, 9.17) is 9.47 Å². The monoisotopic (exact) mass is 543 g/mol. The Hall–Kier alpha value is -5.43. The number of hydrogen-bond donors (Lipinski definition) is 2. The summed E-state index contributed by atoms with van der Waals surface area (Å²) in [7, 11) is 0. The summed E-state index contributed by atoms with van der Waals surface area (Å²) in [5.41, 5.74) is 3.64. The van der Waals surface area contributed by atoms with E-state index in [1.54, 1.807) is 0 Å². The molecular formula is C34H29N3O4. The van der Waals surface area contributed by atoms with E-state index in [9.17, 15) is 9.59 Å². The molecule has 0 aliphatic carbocycles. The second-order valence-electron chi connectivity index (χ2n) is 9.23. The van der Waals surface area contributed by atoms with E-state index in [1.165, 1.54) is 0 Å². The maximum absolute atomic E-state index is 12.7. The molecule has 7 nitrogen and oxygen atoms in total. The van der Waals surface area contributed by atoms with E-state index in [0.717, 1.165) is 43.8 Å². The highest BCUT2D eigenvalue weighted by Crippen LogP contribution is 2.34. The number of guanidine groups is 1. The zero-order chi connectivity index (χ0) is 28.4. The Morgan fingerprint density at radius 2 is 1.05 bits per heavy atom. The van der Waals surface area contributed by atoms with Crippen molar-refractivity contribution in [3.05, 3.63) is 138 Å². The first-order valence-electron chi connectivity index (χ1n) is 13.2. The highest BCUT2D eigenvalue weighted by molar-refractivity contribution is 6.09. The topological polar surface area (TPSA) is 89.0 Å². The van der Waals surface area contributed by atoms with Gasteiger partial charge in [0.05, 0.1) is 6.54 Å². The quantitative estimate of drug-likeness (QED) is 0.128. The van der Waals surface area contributed by atoms with Gasteiger partial charge in [0.25, 0.3) is 0 Å². The molecule has 0 atom stereocenters. The average Bonchev–Trinajstić information content (AvgIpc) is 3.02. The molecule has 0 bridgehead atoms. The number of nitrogens with zero attached hydrogens (tertiary/aromatic N) is 1. The van der Waals surface area contributed by atoms with Crippen molar-refractivity contribution < 1.29 is 19.1 Å². The summed E-state index contributed by atoms with van der Waals surface area (Å²) in [4.78, 5) is 30.0. The molecule has 7 heteroatoms. The Balaban J connectivity index is 1.41. The van der Waals surface area contributed by atoms with Crippen molar-refractivity contribution in [2.75, 3.05) is 0 Å². The molecule has 0 spiro atoms. The first-order chi connectivity index (χ1) is 20.1. The number of carbonyl (C=O) groups is 2. The summed E-state index contributed by atoms with van der Waals surface area (Å²) in [6, 6.07) is 34.7. The van der Waals surface area contributed by atoms with Gasteiger partial charge in [-0.2, -0.15) is 0 Å². The second-order valence-corrected chi connectivity index (χ2v) is 9.23. The number of alkyl carbamates (subject to hydrolysis) is 2. The van der Waals surface area contributed by atoms with Crippen LogP contribution in [0.15, 0.2) is 121 Å². The van der Waals surface area contributed by atoms with E-state index >= 15 is 0 Å². The predicted molar refractivity (Wildman–Crippen MR) is 162 cm³/mol. The molecule has 41 heavy (non-hydrogen) atoms. The maximum Gasteiger partial charge on any atom is 0.414 e. The summed E-state index contributed by atoms with van der Waals surface area (Å²) in [6.07, 6.45) is 0.345. The zero-order valence-electron chi connectivity index (χ0n) is 22.4. The van der Waals surface area contributed by atoms with Crippen LogP contribution in [0, 0.1) is 0 Å². The van der Waals surface area contributed by atoms with E-state index in [0.29, 0.717) is 0 Å². The molecule has 0 unspecified atom stereocenters. The van der Waals surface area contributed by atoms with Gasteiger partial charge in [0.1, 0.15) is 13.2 Å². The molecule has 0 saturated carbocycles. The Bertz CT molecular complexity index is 1600. The van der Waals surface area contributed by atoms with E-state index in [2.05, 4.69) is 22.2 Å². The molecule has 5 aromatic carbocycles. The largest absolute Gasteiger partial charge is 0.444 e. The van der Waals surface area contributed by atoms with Crippen LogP contribution in [-0.4, -0.2) is 18.1 Å². The molecule has 0 aliphatic heterocycles. The van der Waals surface area contributed by atoms with Crippen LogP contribution in [0.3, 0.4) is 0 Å². The van der Waals surface area contributed by atoms with E-state index in [-0.39, 0.29) is 25.7 Å². The molecule has 0 fully saturated rings. The van der Waals surface area contributed by atoms with E-state index in [1.807, 2.05) is 115 Å². The smallest absolute Gasteiger partial charge is 0.414 e. The molecule has 2 N–H and O–H groups in total. The number of fused-ring (bicyclic) bond motifs is 2. The number of amides is 2. The lowest BCUT2D eigenvalue weighted by molar-refractivity contribution is 0.141. The lowest BCUT2D eigenvalue weighted by Gasteiger charge is -2.15. The minimum atomic E-state index is -0.757. The van der Waals surface area contributed by atoms with Gasteiger partial charge in [0.2, 0.25) is 5.96 Å². The van der Waals surface area contributed by atoms with Gasteiger partial charge in [-0.3, -0.25) is 10.6 Å². The molecular weight excluding hydrogens is 514 g/mol. The predicted octanol–water partition coefficient (Wildman–Crippen LogP) is 7.34. The van der Waals surface area contributed by atoms with Crippen molar-refractivity contribution in [3.8, 4) is 0 Å². The Morgan fingerprint density at radius 1 is 0.634 bits per heavy atom. The van der Waals surface area contributed by atoms with Crippen LogP contribution in [-0.2, 0) is 29.2 Å². The van der Waals surface area contributed by atoms with Crippen molar-refractivity contribution in [1.82, 2.24) is 10.6 Å². The van der Waals surface area contributed by atoms with Crippen LogP contribution >= 0.6 is 0 Å². The highest BCUT2D eigenvalue weighted by atomic mass is 16.6. The molecule has 5 rings (SSSR count). The van der Waals surface area contributed by atoms with Crippen LogP contribution in [0.4, 0.5) is 9.59 Å². The van der Waals surface area contributed by atoms with Gasteiger partial charge < -0.3 is 9.47 Å². The van der Waals surface area contributed by atoms with Crippen molar-refractivity contribution in [1.29, 1.82) is 0 Å². The fourth-order valence-electron chi connectivity index (χ4n) is 4.62. The van der Waals surface area contributed by atoms with Crippen LogP contribution in [0.25, 0.3) is 27.6 Å². The maximum atomic E-state index is 12.7. The minimum absolute atomic E-state index is 0.0662. The normalized spacial score (nSPS) is 10.5. The summed E-state index contributed by atoms with van der Waals surface area (Å²) in [5, 5.41) is 9.22. The fraction of sp³-hybridized carbons (Fsp3) is 0.0882. The molecule has 0 radical (unpaired) electrons. The van der Waals surface area contributed by atoms with Gasteiger partial charge >= 0.3 is 12.2 Å². The van der Waals surface area contributed by atoms with Crippen molar-refractivity contribution >= 4 is 45.8 Å². The lowest BCUT2D eigenvalue weighted by Crippen LogP contribution is -2.44. The van der Waals surface area contributed by atoms with Gasteiger partial charge in [0.15, 0.2) is 0 Å². The number of rotatable bonds is 7. The number of aliphatic imine (C=N–C) groups is 1. The van der Waals surface area contributed by atoms with Crippen molar-refractivity contribution in [2.45, 2.75) is 19.8 Å². The summed E-state index contributed by atoms with van der Waals surface area (Å²) >= 11 is 0. The molecule has 0 saturated heterocycles. The third kappa shape index (κ3) is 6.78. The van der Waals surface area contributed by atoms with Gasteiger partial charge in [-0.1, -0.05) is 122 Å². The summed E-state index contributed by atoms with van der Waals surface area (Å²) in [6.45, 7) is 4.33. The van der Waals surface area contributed by atoms with Gasteiger partial charge in [-0.05, 0) is 43.8 Å². The number of ether oxygens (including phenoxy) is 2. The van der Waals surface area contributed by atoms with E-state index < -0.39 is 12.2 Å². The number of benzene rings is 5. The molecule has 204 valence electrons. The van der Waals surface area contributed by atoms with Crippen LogP contribution in [0.2, 0.25) is 0 Å². The zero-order valence-corrected chi connectivity index (χ0v) is 22.4. The molecule has 0 aliphatic rings. The summed E-state index contributed by atoms with van der Waals surface area (Å²) < 4.78 is 10.7. The summed E-state index contributed by atoms with van der Waals surface area (Å²) in [5.74, 6) is -0.0814. The van der Waals surface area contributed by atoms with Gasteiger partial charge in [0, 0.05) is 0 Å². The number of nitrogens with one attached hydrogen (secondary N) is 2. The molecule has 5 aromatic rings. The van der Waals surface area contributed by atoms with Gasteiger partial charge in [-0.25, -0.2) is 14.6 Å². The third-order valence-corrected chi connectivity index (χ3v) is 6.55. The van der Waals surface area contributed by atoms with Crippen LogP contribution in [0.1, 0.15) is 22.3 Å². The standard InChI is InChI=1S/C34H29N3O4/c1-2-26-27-17-9-11-19-29(27)31(30-20-12-10-18-28(26)30)21-35-32(36-33(38)40-22-24-13-5-3-6-14-24)37-34(39)41-23-25-15-7-4-8-16-25/h2-20H,1,21-23H2,(H2,35,36,37,38,39). The third-order valence-electron chi connectivity index (χ3n) is 6.55. The molecule has 2 amide bonds. The Labute approximate surface area is 238 Å². The van der Waals surface area contributed by atoms with Crippen molar-refractivity contribution in [2.24, 2.45) is 4.99 Å². The minimum Gasteiger partial charge on any atom is -0.444 e. The number of hydrogen-bond acceptors (Lipinski definition) is 5. The van der Waals surface area contributed by atoms with Crippen molar-refractivity contribution in [3.63, 3.8) is 0 Å². The molecule has 0 heterocycles. The van der Waals surface area contributed by atoms with Crippen LogP contribution < -0.4 is 10.6 Å². The SMILES string of the molecule is C=Cc1c2ccccc2c(CN=C(NC(=O)OCc2ccccc2)NC(=O)OCc2ccccc2)c2ccccc12. The van der Waals surface area contributed by atoms with Gasteiger partial charge in [-0.15, -0.1) is 0 Å². The molecule has 0 aromatic heterocycles. The second kappa shape index (κ2) is 13.1. The fourth-order valence-corrected chi connectivity index (χ4v) is 4.62. The van der Waals surface area contributed by atoms with Crippen LogP contribution in [0.5, 0.6) is 0 Å². The Kier molecular flexibility index (Phi) is 8.66. The first kappa shape index (κ1) is 27.1. The number of carbonyl (C=O) groups excluding carboxylic acids is 2. The highest BCUT2D eigenvalue weighted by Gasteiger charge is 2.15. The first-order valence-corrected chi connectivity index (χ1v) is 13.2.